The quantitative estimate of drug-likeness (QED) is 0.557. The molecule has 3 aromatic rings. The van der Waals surface area contributed by atoms with Crippen molar-refractivity contribution in [1.29, 1.82) is 0 Å². The molecule has 0 spiro atoms. The Bertz CT molecular complexity index is 926. The normalized spacial score (nSPS) is 11.9. The van der Waals surface area contributed by atoms with Gasteiger partial charge >= 0.3 is 0 Å². The van der Waals surface area contributed by atoms with Gasteiger partial charge in [-0.3, -0.25) is 4.79 Å². The average Bonchev–Trinajstić information content (AvgIpc) is 2.75. The first-order chi connectivity index (χ1) is 13.7. The number of ether oxygens (including phenoxy) is 2. The third kappa shape index (κ3) is 5.09. The van der Waals surface area contributed by atoms with Crippen LogP contribution in [0.3, 0.4) is 0 Å². The molecule has 0 aliphatic heterocycles. The predicted octanol–water partition coefficient (Wildman–Crippen LogP) is 3.68. The number of nitrogens with two attached hydrogens (primary N) is 1. The van der Waals surface area contributed by atoms with Crippen molar-refractivity contribution in [3.63, 3.8) is 0 Å². The summed E-state index contributed by atoms with van der Waals surface area (Å²) in [7, 11) is 1.66. The zero-order valence-electron chi connectivity index (χ0n) is 16.1. The molecule has 1 atom stereocenters. The second-order valence-corrected chi connectivity index (χ2v) is 6.59. The Balaban J connectivity index is 1.69. The molecule has 3 N–H and O–H groups in total. The first kappa shape index (κ1) is 19.9. The van der Waals surface area contributed by atoms with E-state index in [-0.39, 0.29) is 11.9 Å². The van der Waals surface area contributed by atoms with Gasteiger partial charge in [-0.05, 0) is 40.6 Å². The summed E-state index contributed by atoms with van der Waals surface area (Å²) >= 11 is 0. The molecule has 3 aromatic carbocycles. The first-order valence-corrected chi connectivity index (χ1v) is 9.42. The third-order valence-electron chi connectivity index (χ3n) is 4.57. The van der Waals surface area contributed by atoms with Crippen molar-refractivity contribution in [2.24, 2.45) is 5.73 Å². The topological polar surface area (TPSA) is 73.6 Å². The first-order valence-electron chi connectivity index (χ1n) is 9.42. The van der Waals surface area contributed by atoms with E-state index in [0.29, 0.717) is 31.1 Å². The van der Waals surface area contributed by atoms with E-state index in [0.717, 1.165) is 22.8 Å². The Morgan fingerprint density at radius 3 is 2.61 bits per heavy atom. The Labute approximate surface area is 165 Å². The van der Waals surface area contributed by atoms with E-state index in [4.69, 9.17) is 15.2 Å². The zero-order valence-corrected chi connectivity index (χ0v) is 16.1. The number of hydrogen-bond acceptors (Lipinski definition) is 4. The van der Waals surface area contributed by atoms with Gasteiger partial charge in [-0.1, -0.05) is 42.5 Å². The highest BCUT2D eigenvalue weighted by Crippen LogP contribution is 2.21. The average molecular weight is 378 g/mol. The van der Waals surface area contributed by atoms with Crippen molar-refractivity contribution in [2.75, 3.05) is 26.9 Å². The van der Waals surface area contributed by atoms with E-state index >= 15 is 0 Å². The van der Waals surface area contributed by atoms with Crippen LogP contribution in [0, 0.1) is 0 Å². The van der Waals surface area contributed by atoms with Gasteiger partial charge in [-0.2, -0.15) is 0 Å². The maximum absolute atomic E-state index is 12.7. The molecule has 0 heterocycles. The minimum absolute atomic E-state index is 0.175. The molecule has 0 fully saturated rings. The molecule has 0 aliphatic rings. The fourth-order valence-electron chi connectivity index (χ4n) is 3.06. The van der Waals surface area contributed by atoms with Crippen LogP contribution in [0.1, 0.15) is 28.4 Å². The molecule has 0 bridgehead atoms. The van der Waals surface area contributed by atoms with Crippen LogP contribution in [0.25, 0.3) is 10.8 Å². The lowest BCUT2D eigenvalue weighted by molar-refractivity contribution is 0.0937. The Morgan fingerprint density at radius 2 is 1.82 bits per heavy atom. The third-order valence-corrected chi connectivity index (χ3v) is 4.57. The molecule has 0 saturated heterocycles. The molecule has 3 rings (SSSR count). The lowest BCUT2D eigenvalue weighted by Gasteiger charge is -2.18. The Hall–Kier alpha value is -2.89. The van der Waals surface area contributed by atoms with Crippen molar-refractivity contribution in [3.05, 3.63) is 77.9 Å². The number of hydrogen-bond donors (Lipinski definition) is 2. The number of amides is 1. The summed E-state index contributed by atoms with van der Waals surface area (Å²) in [6, 6.07) is 21.2. The molecule has 146 valence electrons. The Kier molecular flexibility index (Phi) is 7.00. The summed E-state index contributed by atoms with van der Waals surface area (Å²) in [6.07, 6.45) is 0.796. The van der Waals surface area contributed by atoms with E-state index in [9.17, 15) is 4.79 Å². The highest BCUT2D eigenvalue weighted by atomic mass is 16.5. The van der Waals surface area contributed by atoms with E-state index < -0.39 is 0 Å². The summed E-state index contributed by atoms with van der Waals surface area (Å²) in [6.45, 7) is 1.50. The van der Waals surface area contributed by atoms with Crippen LogP contribution in [-0.2, 0) is 4.74 Å². The number of benzene rings is 3. The van der Waals surface area contributed by atoms with Crippen molar-refractivity contribution in [1.82, 2.24) is 5.32 Å². The van der Waals surface area contributed by atoms with Gasteiger partial charge in [0, 0.05) is 32.2 Å². The SMILES string of the molecule is COCCCOc1cccc(C(=O)NC(CN)c2ccc3ccccc3c2)c1. The van der Waals surface area contributed by atoms with Crippen LogP contribution in [0.2, 0.25) is 0 Å². The van der Waals surface area contributed by atoms with Crippen LogP contribution in [-0.4, -0.2) is 32.8 Å². The van der Waals surface area contributed by atoms with E-state index in [1.807, 2.05) is 36.4 Å². The molecule has 5 nitrogen and oxygen atoms in total. The minimum atomic E-state index is -0.261. The van der Waals surface area contributed by atoms with E-state index in [2.05, 4.69) is 23.5 Å². The number of rotatable bonds is 9. The number of methoxy groups -OCH3 is 1. The molecular weight excluding hydrogens is 352 g/mol. The van der Waals surface area contributed by atoms with Crippen LogP contribution < -0.4 is 15.8 Å². The molecule has 1 amide bonds. The fraction of sp³-hybridized carbons (Fsp3) is 0.261. The molecular formula is C23H26N2O3. The van der Waals surface area contributed by atoms with Crippen LogP contribution in [0.4, 0.5) is 0 Å². The van der Waals surface area contributed by atoms with Crippen LogP contribution in [0.5, 0.6) is 5.75 Å². The maximum atomic E-state index is 12.7. The Morgan fingerprint density at radius 1 is 1.00 bits per heavy atom. The van der Waals surface area contributed by atoms with Gasteiger partial charge in [0.05, 0.1) is 12.6 Å². The van der Waals surface area contributed by atoms with Crippen LogP contribution in [0.15, 0.2) is 66.7 Å². The van der Waals surface area contributed by atoms with Crippen LogP contribution >= 0.6 is 0 Å². The highest BCUT2D eigenvalue weighted by molar-refractivity contribution is 5.95. The minimum Gasteiger partial charge on any atom is -0.493 e. The lowest BCUT2D eigenvalue weighted by Crippen LogP contribution is -2.33. The number of nitrogens with one attached hydrogen (secondary N) is 1. The van der Waals surface area contributed by atoms with Gasteiger partial charge in [-0.25, -0.2) is 0 Å². The molecule has 5 heteroatoms. The van der Waals surface area contributed by atoms with E-state index in [1.165, 1.54) is 0 Å². The van der Waals surface area contributed by atoms with Gasteiger partial charge in [0.1, 0.15) is 5.75 Å². The predicted molar refractivity (Wildman–Crippen MR) is 112 cm³/mol. The van der Waals surface area contributed by atoms with Crippen molar-refractivity contribution >= 4 is 16.7 Å². The van der Waals surface area contributed by atoms with Crippen molar-refractivity contribution in [2.45, 2.75) is 12.5 Å². The monoisotopic (exact) mass is 378 g/mol. The summed E-state index contributed by atoms with van der Waals surface area (Å²) in [4.78, 5) is 12.7. The van der Waals surface area contributed by atoms with Gasteiger partial charge in [0.15, 0.2) is 0 Å². The molecule has 0 radical (unpaired) electrons. The fourth-order valence-corrected chi connectivity index (χ4v) is 3.06. The van der Waals surface area contributed by atoms with Gasteiger partial charge in [-0.15, -0.1) is 0 Å². The molecule has 0 saturated carbocycles. The smallest absolute Gasteiger partial charge is 0.251 e. The van der Waals surface area contributed by atoms with Crippen molar-refractivity contribution < 1.29 is 14.3 Å². The second-order valence-electron chi connectivity index (χ2n) is 6.59. The van der Waals surface area contributed by atoms with Gasteiger partial charge in [0.2, 0.25) is 0 Å². The number of carbonyl (C=O) groups is 1. The highest BCUT2D eigenvalue weighted by Gasteiger charge is 2.15. The summed E-state index contributed by atoms with van der Waals surface area (Å²) < 4.78 is 10.7. The van der Waals surface area contributed by atoms with Gasteiger partial charge < -0.3 is 20.5 Å². The standard InChI is InChI=1S/C23H26N2O3/c1-27-12-5-13-28-21-9-4-8-20(15-21)23(26)25-22(16-24)19-11-10-17-6-2-3-7-18(17)14-19/h2-4,6-11,14-15,22H,5,12-13,16,24H2,1H3,(H,25,26). The number of fused-ring (bicyclic) bond motifs is 1. The zero-order chi connectivity index (χ0) is 19.8. The largest absolute Gasteiger partial charge is 0.493 e. The molecule has 0 aromatic heterocycles. The summed E-state index contributed by atoms with van der Waals surface area (Å²) in [5.41, 5.74) is 7.48. The molecule has 1 unspecified atom stereocenters. The van der Waals surface area contributed by atoms with E-state index in [1.54, 1.807) is 19.2 Å². The summed E-state index contributed by atoms with van der Waals surface area (Å²) in [5, 5.41) is 5.31. The maximum Gasteiger partial charge on any atom is 0.251 e. The summed E-state index contributed by atoms with van der Waals surface area (Å²) in [5.74, 6) is 0.490. The molecule has 0 aliphatic carbocycles. The lowest BCUT2D eigenvalue weighted by atomic mass is 10.0. The second kappa shape index (κ2) is 9.88. The number of carbonyl (C=O) groups excluding carboxylic acids is 1. The van der Waals surface area contributed by atoms with Gasteiger partial charge in [0.25, 0.3) is 5.91 Å². The van der Waals surface area contributed by atoms with Crippen molar-refractivity contribution in [3.8, 4) is 5.75 Å². The molecule has 28 heavy (non-hydrogen) atoms.